The number of aromatic hydroxyl groups is 1. The first-order valence-corrected chi connectivity index (χ1v) is 8.97. The maximum absolute atomic E-state index is 12.9. The zero-order valence-corrected chi connectivity index (χ0v) is 14.6. The Bertz CT molecular complexity index is 873. The molecule has 1 heterocycles. The van der Waals surface area contributed by atoms with Crippen LogP contribution >= 0.6 is 0 Å². The van der Waals surface area contributed by atoms with E-state index in [4.69, 9.17) is 4.74 Å². The number of benzene rings is 1. The summed E-state index contributed by atoms with van der Waals surface area (Å²) >= 11 is 0. The highest BCUT2D eigenvalue weighted by Crippen LogP contribution is 2.69. The summed E-state index contributed by atoms with van der Waals surface area (Å²) in [6.45, 7) is 4.08. The molecule has 6 heteroatoms. The van der Waals surface area contributed by atoms with E-state index in [0.29, 0.717) is 11.3 Å². The van der Waals surface area contributed by atoms with Crippen LogP contribution in [0.3, 0.4) is 0 Å². The van der Waals surface area contributed by atoms with Crippen molar-refractivity contribution in [1.29, 1.82) is 0 Å². The van der Waals surface area contributed by atoms with Crippen molar-refractivity contribution >= 4 is 5.78 Å². The van der Waals surface area contributed by atoms with Gasteiger partial charge in [0.15, 0.2) is 11.4 Å². The monoisotopic (exact) mass is 358 g/mol. The van der Waals surface area contributed by atoms with Crippen molar-refractivity contribution in [3.8, 4) is 11.5 Å². The van der Waals surface area contributed by atoms with Crippen LogP contribution in [0.4, 0.5) is 0 Å². The van der Waals surface area contributed by atoms with Gasteiger partial charge in [0.05, 0.1) is 18.0 Å². The molecule has 3 fully saturated rings. The number of hydrogen-bond acceptors (Lipinski definition) is 6. The van der Waals surface area contributed by atoms with Gasteiger partial charge < -0.3 is 25.2 Å². The lowest BCUT2D eigenvalue weighted by atomic mass is 9.49. The molecule has 5 rings (SSSR count). The lowest BCUT2D eigenvalue weighted by molar-refractivity contribution is -0.180. The summed E-state index contributed by atoms with van der Waals surface area (Å²) in [7, 11) is 0. The third kappa shape index (κ3) is 1.61. The Kier molecular flexibility index (Phi) is 2.82. The Balaban J connectivity index is 1.77. The molecule has 2 bridgehead atoms. The molecule has 0 aromatic heterocycles. The number of ether oxygens (including phenoxy) is 1. The van der Waals surface area contributed by atoms with Crippen molar-refractivity contribution in [2.45, 2.75) is 49.9 Å². The van der Waals surface area contributed by atoms with Crippen molar-refractivity contribution in [3.63, 3.8) is 0 Å². The molecule has 1 aromatic rings. The Morgan fingerprint density at radius 1 is 1.23 bits per heavy atom. The minimum absolute atomic E-state index is 0.0772. The van der Waals surface area contributed by atoms with Gasteiger partial charge in [0, 0.05) is 35.5 Å². The number of fused-ring (bicyclic) bond motifs is 5. The number of phenols is 1. The first-order valence-electron chi connectivity index (χ1n) is 8.97. The van der Waals surface area contributed by atoms with Gasteiger partial charge in [-0.1, -0.05) is 19.9 Å². The third-order valence-electron chi connectivity index (χ3n) is 7.34. The Morgan fingerprint density at radius 2 is 1.96 bits per heavy atom. The second kappa shape index (κ2) is 4.50. The van der Waals surface area contributed by atoms with Gasteiger partial charge in [0.1, 0.15) is 11.5 Å². The standard InChI is InChI=1S/C20H22O6/c1-18(2)11-6-19(24)7-14(22)20(25,16(11)17(19)23)12-8-26-13-5-9(21)3-4-10(13)15(12)18/h3-5,8,11,15-17,21,23-25H,6-7H2,1-2H3/t11?,15-,16+,17-,19?,20+/m1/s1. The van der Waals surface area contributed by atoms with Crippen molar-refractivity contribution in [1.82, 2.24) is 0 Å². The van der Waals surface area contributed by atoms with E-state index in [1.807, 2.05) is 13.8 Å². The molecular weight excluding hydrogens is 336 g/mol. The van der Waals surface area contributed by atoms with E-state index in [1.165, 1.54) is 12.3 Å². The van der Waals surface area contributed by atoms with Crippen LogP contribution in [-0.4, -0.2) is 43.5 Å². The number of carbonyl (C=O) groups is 1. The second-order valence-corrected chi connectivity index (χ2v) is 8.92. The normalized spacial score (nSPS) is 44.7. The maximum Gasteiger partial charge on any atom is 0.172 e. The smallest absolute Gasteiger partial charge is 0.172 e. The molecular formula is C20H22O6. The van der Waals surface area contributed by atoms with Crippen LogP contribution in [0.2, 0.25) is 0 Å². The molecule has 3 saturated carbocycles. The molecule has 4 N–H and O–H groups in total. The summed E-state index contributed by atoms with van der Waals surface area (Å²) in [5, 5.41) is 42.9. The van der Waals surface area contributed by atoms with E-state index < -0.39 is 34.4 Å². The van der Waals surface area contributed by atoms with Gasteiger partial charge in [0.25, 0.3) is 0 Å². The van der Waals surface area contributed by atoms with Crippen LogP contribution in [0.1, 0.15) is 38.2 Å². The Labute approximate surface area is 150 Å². The van der Waals surface area contributed by atoms with Gasteiger partial charge in [-0.3, -0.25) is 4.79 Å². The topological polar surface area (TPSA) is 107 Å². The number of carbonyl (C=O) groups excluding carboxylic acids is 1. The highest BCUT2D eigenvalue weighted by Gasteiger charge is 2.74. The van der Waals surface area contributed by atoms with E-state index >= 15 is 0 Å². The van der Waals surface area contributed by atoms with E-state index in [-0.39, 0.29) is 30.4 Å². The van der Waals surface area contributed by atoms with E-state index in [2.05, 4.69) is 0 Å². The first-order chi connectivity index (χ1) is 12.1. The zero-order valence-electron chi connectivity index (χ0n) is 14.6. The predicted molar refractivity (Wildman–Crippen MR) is 90.5 cm³/mol. The van der Waals surface area contributed by atoms with Crippen molar-refractivity contribution in [2.24, 2.45) is 17.3 Å². The number of hydrogen-bond donors (Lipinski definition) is 4. The van der Waals surface area contributed by atoms with Crippen LogP contribution in [0.5, 0.6) is 11.5 Å². The summed E-state index contributed by atoms with van der Waals surface area (Å²) in [6.07, 6.45) is 0.258. The van der Waals surface area contributed by atoms with Gasteiger partial charge >= 0.3 is 0 Å². The summed E-state index contributed by atoms with van der Waals surface area (Å²) in [5.74, 6) is -1.19. The number of aliphatic hydroxyl groups excluding tert-OH is 1. The highest BCUT2D eigenvalue weighted by atomic mass is 16.5. The average molecular weight is 358 g/mol. The first kappa shape index (κ1) is 16.3. The molecule has 26 heavy (non-hydrogen) atoms. The lowest BCUT2D eigenvalue weighted by Crippen LogP contribution is -2.66. The van der Waals surface area contributed by atoms with Crippen molar-refractivity contribution in [3.05, 3.63) is 35.6 Å². The van der Waals surface area contributed by atoms with Gasteiger partial charge in [-0.15, -0.1) is 0 Å². The fourth-order valence-electron chi connectivity index (χ4n) is 6.11. The number of phenolic OH excluding ortho intramolecular Hbond substituents is 1. The Hall–Kier alpha value is -1.89. The zero-order chi connectivity index (χ0) is 18.6. The minimum Gasteiger partial charge on any atom is -0.508 e. The van der Waals surface area contributed by atoms with Gasteiger partial charge in [-0.25, -0.2) is 0 Å². The highest BCUT2D eigenvalue weighted by molar-refractivity contribution is 5.94. The molecule has 6 nitrogen and oxygen atoms in total. The minimum atomic E-state index is -1.84. The van der Waals surface area contributed by atoms with Crippen LogP contribution in [0.25, 0.3) is 0 Å². The molecule has 0 amide bonds. The Morgan fingerprint density at radius 3 is 2.69 bits per heavy atom. The predicted octanol–water partition coefficient (Wildman–Crippen LogP) is 1.22. The number of ketones is 1. The van der Waals surface area contributed by atoms with Gasteiger partial charge in [-0.05, 0) is 23.8 Å². The van der Waals surface area contributed by atoms with E-state index in [1.54, 1.807) is 12.1 Å². The molecule has 0 spiro atoms. The SMILES string of the molecule is CC1(C)C2CC3(O)CC(=O)[C@@](O)(C4=COc5cc(O)ccc5[C@H]41)[C@@H]2[C@H]3O. The second-order valence-electron chi connectivity index (χ2n) is 8.92. The molecule has 1 aliphatic heterocycles. The van der Waals surface area contributed by atoms with Crippen LogP contribution in [0, 0.1) is 17.3 Å². The summed E-state index contributed by atoms with van der Waals surface area (Å²) < 4.78 is 5.66. The molecule has 6 atom stereocenters. The van der Waals surface area contributed by atoms with Gasteiger partial charge in [-0.2, -0.15) is 0 Å². The number of Topliss-reactive ketones (excluding diaryl/α,β-unsaturated/α-hetero) is 1. The largest absolute Gasteiger partial charge is 0.508 e. The average Bonchev–Trinajstić information content (AvgIpc) is 2.79. The summed E-state index contributed by atoms with van der Waals surface area (Å²) in [4.78, 5) is 12.9. The quantitative estimate of drug-likeness (QED) is 0.556. The van der Waals surface area contributed by atoms with E-state index in [9.17, 15) is 25.2 Å². The molecule has 0 radical (unpaired) electrons. The van der Waals surface area contributed by atoms with Crippen LogP contribution in [0.15, 0.2) is 30.0 Å². The summed E-state index contributed by atoms with van der Waals surface area (Å²) in [5.41, 5.74) is -2.53. The van der Waals surface area contributed by atoms with Crippen LogP contribution in [-0.2, 0) is 4.79 Å². The molecule has 3 aliphatic carbocycles. The third-order valence-corrected chi connectivity index (χ3v) is 7.34. The molecule has 4 aliphatic rings. The molecule has 138 valence electrons. The van der Waals surface area contributed by atoms with Crippen molar-refractivity contribution in [2.75, 3.05) is 0 Å². The fourth-order valence-corrected chi connectivity index (χ4v) is 6.11. The van der Waals surface area contributed by atoms with Crippen molar-refractivity contribution < 1.29 is 30.0 Å². The summed E-state index contributed by atoms with van der Waals surface area (Å²) in [6, 6.07) is 4.84. The van der Waals surface area contributed by atoms with E-state index in [0.717, 1.165) is 5.56 Å². The van der Waals surface area contributed by atoms with Gasteiger partial charge in [0.2, 0.25) is 0 Å². The fraction of sp³-hybridized carbons (Fsp3) is 0.550. The molecule has 0 saturated heterocycles. The number of aliphatic hydroxyl groups is 3. The lowest BCUT2D eigenvalue weighted by Gasteiger charge is -2.57. The molecule has 2 unspecified atom stereocenters. The number of rotatable bonds is 0. The van der Waals surface area contributed by atoms with Crippen LogP contribution < -0.4 is 4.74 Å². The molecule has 1 aromatic carbocycles. The maximum atomic E-state index is 12.9.